The third-order valence-electron chi connectivity index (χ3n) is 4.84. The Morgan fingerprint density at radius 3 is 2.82 bits per heavy atom. The molecule has 6 nitrogen and oxygen atoms in total. The van der Waals surface area contributed by atoms with Gasteiger partial charge in [0.25, 0.3) is 0 Å². The monoisotopic (exact) mass is 380 g/mol. The topological polar surface area (TPSA) is 70.0 Å². The predicted molar refractivity (Wildman–Crippen MR) is 117 cm³/mol. The van der Waals surface area contributed by atoms with Gasteiger partial charge in [-0.2, -0.15) is 5.10 Å². The number of H-pyrrole nitrogens is 1. The second-order valence-corrected chi connectivity index (χ2v) is 7.15. The number of rotatable bonds is 9. The summed E-state index contributed by atoms with van der Waals surface area (Å²) >= 11 is 0. The standard InChI is InChI=1S/C22H32N6/c1-4-23-22(25-13-8-14-28-18(3)15-17(2)27-28)24-12-7-9-19-16-26-21-11-6-5-10-20(19)21/h5-6,10-11,15-16,26H,4,7-9,12-14H2,1-3H3,(H2,23,24,25). The van der Waals surface area contributed by atoms with Gasteiger partial charge < -0.3 is 15.6 Å². The Balaban J connectivity index is 1.42. The van der Waals surface area contributed by atoms with Crippen molar-refractivity contribution in [3.05, 3.63) is 53.5 Å². The largest absolute Gasteiger partial charge is 0.361 e. The minimum Gasteiger partial charge on any atom is -0.361 e. The van der Waals surface area contributed by atoms with E-state index in [1.54, 1.807) is 0 Å². The maximum Gasteiger partial charge on any atom is 0.191 e. The number of nitrogens with one attached hydrogen (secondary N) is 3. The minimum absolute atomic E-state index is 0.788. The predicted octanol–water partition coefficient (Wildman–Crippen LogP) is 3.56. The molecule has 0 aliphatic rings. The number of hydrogen-bond acceptors (Lipinski definition) is 2. The van der Waals surface area contributed by atoms with Crippen LogP contribution in [0.3, 0.4) is 0 Å². The van der Waals surface area contributed by atoms with Crippen LogP contribution in [-0.2, 0) is 13.0 Å². The Labute approximate surface area is 167 Å². The maximum absolute atomic E-state index is 4.70. The molecule has 150 valence electrons. The number of para-hydroxylation sites is 1. The van der Waals surface area contributed by atoms with Gasteiger partial charge in [-0.05, 0) is 57.7 Å². The summed E-state index contributed by atoms with van der Waals surface area (Å²) < 4.78 is 2.06. The van der Waals surface area contributed by atoms with Gasteiger partial charge in [-0.3, -0.25) is 9.67 Å². The molecule has 2 heterocycles. The summed E-state index contributed by atoms with van der Waals surface area (Å²) in [5.41, 5.74) is 4.88. The summed E-state index contributed by atoms with van der Waals surface area (Å²) in [6.45, 7) is 9.69. The van der Waals surface area contributed by atoms with Gasteiger partial charge in [0.1, 0.15) is 0 Å². The first-order chi connectivity index (χ1) is 13.7. The Kier molecular flexibility index (Phi) is 7.12. The van der Waals surface area contributed by atoms with E-state index in [-0.39, 0.29) is 0 Å². The minimum atomic E-state index is 0.788. The van der Waals surface area contributed by atoms with Crippen LogP contribution in [0.4, 0.5) is 0 Å². The summed E-state index contributed by atoms with van der Waals surface area (Å²) in [5, 5.41) is 12.6. The van der Waals surface area contributed by atoms with Gasteiger partial charge in [0.2, 0.25) is 0 Å². The SMILES string of the molecule is CCNC(=NCCCn1nc(C)cc1C)NCCCc1c[nH]c2ccccc12. The molecular weight excluding hydrogens is 348 g/mol. The number of aliphatic imine (C=N–C) groups is 1. The van der Waals surface area contributed by atoms with E-state index in [1.165, 1.54) is 22.2 Å². The lowest BCUT2D eigenvalue weighted by atomic mass is 10.1. The number of guanidine groups is 1. The third kappa shape index (κ3) is 5.38. The van der Waals surface area contributed by atoms with Crippen molar-refractivity contribution in [2.45, 2.75) is 46.6 Å². The molecule has 2 aromatic heterocycles. The second kappa shape index (κ2) is 9.97. The van der Waals surface area contributed by atoms with Gasteiger partial charge in [-0.1, -0.05) is 18.2 Å². The molecule has 0 amide bonds. The van der Waals surface area contributed by atoms with Crippen molar-refractivity contribution in [3.63, 3.8) is 0 Å². The average molecular weight is 381 g/mol. The molecule has 0 atom stereocenters. The number of nitrogens with zero attached hydrogens (tertiary/aromatic N) is 3. The Bertz CT molecular complexity index is 905. The molecule has 3 rings (SSSR count). The molecule has 0 fully saturated rings. The van der Waals surface area contributed by atoms with Crippen molar-refractivity contribution in [2.24, 2.45) is 4.99 Å². The lowest BCUT2D eigenvalue weighted by Gasteiger charge is -2.11. The van der Waals surface area contributed by atoms with Crippen molar-refractivity contribution < 1.29 is 0 Å². The van der Waals surface area contributed by atoms with E-state index in [1.807, 2.05) is 6.92 Å². The molecule has 3 N–H and O–H groups in total. The van der Waals surface area contributed by atoms with Gasteiger partial charge in [0.05, 0.1) is 5.69 Å². The quantitative estimate of drug-likeness (QED) is 0.302. The van der Waals surface area contributed by atoms with Gasteiger partial charge >= 0.3 is 0 Å². The highest BCUT2D eigenvalue weighted by Gasteiger charge is 2.03. The molecule has 0 bridgehead atoms. The fourth-order valence-electron chi connectivity index (χ4n) is 3.48. The van der Waals surface area contributed by atoms with Crippen LogP contribution in [0.5, 0.6) is 0 Å². The lowest BCUT2D eigenvalue weighted by Crippen LogP contribution is -2.38. The van der Waals surface area contributed by atoms with Crippen LogP contribution < -0.4 is 10.6 Å². The fourth-order valence-corrected chi connectivity index (χ4v) is 3.48. The summed E-state index contributed by atoms with van der Waals surface area (Å²) in [7, 11) is 0. The van der Waals surface area contributed by atoms with E-state index in [9.17, 15) is 0 Å². The van der Waals surface area contributed by atoms with Crippen molar-refractivity contribution >= 4 is 16.9 Å². The lowest BCUT2D eigenvalue weighted by molar-refractivity contribution is 0.567. The van der Waals surface area contributed by atoms with E-state index in [0.717, 1.165) is 57.1 Å². The number of hydrogen-bond donors (Lipinski definition) is 3. The summed E-state index contributed by atoms with van der Waals surface area (Å²) in [6.07, 6.45) is 5.23. The molecule has 28 heavy (non-hydrogen) atoms. The highest BCUT2D eigenvalue weighted by molar-refractivity contribution is 5.83. The first-order valence-electron chi connectivity index (χ1n) is 10.3. The van der Waals surface area contributed by atoms with Crippen LogP contribution in [0.2, 0.25) is 0 Å². The second-order valence-electron chi connectivity index (χ2n) is 7.15. The Morgan fingerprint density at radius 2 is 2.04 bits per heavy atom. The zero-order valence-corrected chi connectivity index (χ0v) is 17.3. The molecule has 0 aliphatic carbocycles. The highest BCUT2D eigenvalue weighted by atomic mass is 15.3. The van der Waals surface area contributed by atoms with Crippen LogP contribution in [0.1, 0.15) is 36.7 Å². The zero-order valence-electron chi connectivity index (χ0n) is 17.3. The van der Waals surface area contributed by atoms with Crippen LogP contribution in [0.25, 0.3) is 10.9 Å². The van der Waals surface area contributed by atoms with Crippen LogP contribution in [0.15, 0.2) is 41.5 Å². The van der Waals surface area contributed by atoms with Crippen molar-refractivity contribution in [3.8, 4) is 0 Å². The van der Waals surface area contributed by atoms with Crippen molar-refractivity contribution in [1.29, 1.82) is 0 Å². The average Bonchev–Trinajstić information content (AvgIpc) is 3.24. The normalized spacial score (nSPS) is 11.9. The molecule has 0 spiro atoms. The number of benzene rings is 1. The van der Waals surface area contributed by atoms with E-state index in [2.05, 4.69) is 75.8 Å². The van der Waals surface area contributed by atoms with Gasteiger partial charge in [0.15, 0.2) is 5.96 Å². The molecule has 0 unspecified atom stereocenters. The van der Waals surface area contributed by atoms with E-state index < -0.39 is 0 Å². The van der Waals surface area contributed by atoms with E-state index >= 15 is 0 Å². The number of aromatic amines is 1. The zero-order chi connectivity index (χ0) is 19.8. The summed E-state index contributed by atoms with van der Waals surface area (Å²) in [6, 6.07) is 10.6. The number of aromatic nitrogens is 3. The molecule has 3 aromatic rings. The van der Waals surface area contributed by atoms with E-state index in [4.69, 9.17) is 4.99 Å². The van der Waals surface area contributed by atoms with Gasteiger partial charge in [-0.15, -0.1) is 0 Å². The molecule has 0 aliphatic heterocycles. The van der Waals surface area contributed by atoms with Crippen LogP contribution in [0, 0.1) is 13.8 Å². The molecular formula is C22H32N6. The first-order valence-corrected chi connectivity index (χ1v) is 10.3. The number of aryl methyl sites for hydroxylation is 4. The first kappa shape index (κ1) is 20.0. The van der Waals surface area contributed by atoms with E-state index in [0.29, 0.717) is 0 Å². The fraction of sp³-hybridized carbons (Fsp3) is 0.455. The summed E-state index contributed by atoms with van der Waals surface area (Å²) in [5.74, 6) is 0.898. The molecule has 0 saturated heterocycles. The smallest absolute Gasteiger partial charge is 0.191 e. The van der Waals surface area contributed by atoms with Crippen LogP contribution >= 0.6 is 0 Å². The Hall–Kier alpha value is -2.76. The maximum atomic E-state index is 4.70. The van der Waals surface area contributed by atoms with Gasteiger partial charge in [-0.25, -0.2) is 0 Å². The molecule has 1 aromatic carbocycles. The van der Waals surface area contributed by atoms with Crippen LogP contribution in [-0.4, -0.2) is 40.4 Å². The molecule has 0 radical (unpaired) electrons. The molecule has 6 heteroatoms. The summed E-state index contributed by atoms with van der Waals surface area (Å²) in [4.78, 5) is 8.04. The van der Waals surface area contributed by atoms with Crippen molar-refractivity contribution in [1.82, 2.24) is 25.4 Å². The number of fused-ring (bicyclic) bond motifs is 1. The van der Waals surface area contributed by atoms with Crippen molar-refractivity contribution in [2.75, 3.05) is 19.6 Å². The Morgan fingerprint density at radius 1 is 1.18 bits per heavy atom. The molecule has 0 saturated carbocycles. The van der Waals surface area contributed by atoms with Gasteiger partial charge in [0, 0.05) is 49.0 Å². The third-order valence-corrected chi connectivity index (χ3v) is 4.84. The highest BCUT2D eigenvalue weighted by Crippen LogP contribution is 2.18.